The minimum atomic E-state index is -0.284. The van der Waals surface area contributed by atoms with Gasteiger partial charge in [-0.05, 0) is 29.6 Å². The first-order chi connectivity index (χ1) is 13.2. The van der Waals surface area contributed by atoms with Gasteiger partial charge >= 0.3 is 6.01 Å². The van der Waals surface area contributed by atoms with E-state index in [0.717, 1.165) is 10.6 Å². The molecule has 0 atom stereocenters. The summed E-state index contributed by atoms with van der Waals surface area (Å²) in [5.41, 5.74) is 1.68. The normalized spacial score (nSPS) is 10.6. The first-order valence-corrected chi connectivity index (χ1v) is 9.01. The number of aryl methyl sites for hydroxylation is 1. The van der Waals surface area contributed by atoms with Crippen molar-refractivity contribution in [1.29, 1.82) is 0 Å². The molecule has 8 heteroatoms. The van der Waals surface area contributed by atoms with Crippen LogP contribution < -0.4 is 10.1 Å². The number of hydrogen-bond donors (Lipinski definition) is 1. The summed E-state index contributed by atoms with van der Waals surface area (Å²) in [6, 6.07) is 15.1. The maximum atomic E-state index is 12.5. The number of benzene rings is 1. The quantitative estimate of drug-likeness (QED) is 0.569. The van der Waals surface area contributed by atoms with E-state index in [1.54, 1.807) is 29.1 Å². The summed E-state index contributed by atoms with van der Waals surface area (Å²) in [7, 11) is 1.74. The molecule has 0 saturated carbocycles. The fraction of sp³-hybridized carbons (Fsp3) is 0.0526. The first kappa shape index (κ1) is 16.9. The van der Waals surface area contributed by atoms with Gasteiger partial charge in [-0.1, -0.05) is 24.3 Å². The van der Waals surface area contributed by atoms with Crippen LogP contribution in [0.4, 0.5) is 5.69 Å². The summed E-state index contributed by atoms with van der Waals surface area (Å²) in [5.74, 6) is 0.360. The van der Waals surface area contributed by atoms with Gasteiger partial charge in [-0.3, -0.25) is 9.48 Å². The highest BCUT2D eigenvalue weighted by molar-refractivity contribution is 7.13. The number of amides is 1. The van der Waals surface area contributed by atoms with Crippen molar-refractivity contribution in [2.24, 2.45) is 7.05 Å². The van der Waals surface area contributed by atoms with E-state index in [1.165, 1.54) is 12.4 Å². The van der Waals surface area contributed by atoms with Crippen LogP contribution in [0.5, 0.6) is 11.8 Å². The zero-order valence-corrected chi connectivity index (χ0v) is 15.2. The van der Waals surface area contributed by atoms with Crippen LogP contribution in [0.15, 0.2) is 66.3 Å². The average molecular weight is 377 g/mol. The first-order valence-electron chi connectivity index (χ1n) is 8.13. The molecule has 1 aromatic carbocycles. The third-order valence-corrected chi connectivity index (χ3v) is 4.62. The van der Waals surface area contributed by atoms with Crippen molar-refractivity contribution < 1.29 is 9.53 Å². The molecule has 3 heterocycles. The van der Waals surface area contributed by atoms with Crippen molar-refractivity contribution in [3.63, 3.8) is 0 Å². The van der Waals surface area contributed by atoms with E-state index in [9.17, 15) is 4.79 Å². The zero-order valence-electron chi connectivity index (χ0n) is 14.4. The Morgan fingerprint density at radius 3 is 2.59 bits per heavy atom. The number of aromatic nitrogens is 4. The molecule has 0 fully saturated rings. The van der Waals surface area contributed by atoms with Gasteiger partial charge in [0.25, 0.3) is 5.91 Å². The zero-order chi connectivity index (χ0) is 18.6. The molecule has 0 radical (unpaired) electrons. The lowest BCUT2D eigenvalue weighted by Crippen LogP contribution is -2.16. The molecule has 1 amide bonds. The minimum Gasteiger partial charge on any atom is -0.424 e. The van der Waals surface area contributed by atoms with E-state index in [2.05, 4.69) is 20.4 Å². The van der Waals surface area contributed by atoms with Crippen LogP contribution in [0.3, 0.4) is 0 Å². The summed E-state index contributed by atoms with van der Waals surface area (Å²) in [5, 5.41) is 9.14. The molecule has 4 aromatic rings. The third-order valence-electron chi connectivity index (χ3n) is 3.72. The van der Waals surface area contributed by atoms with Crippen molar-refractivity contribution in [3.8, 4) is 22.3 Å². The van der Waals surface area contributed by atoms with Gasteiger partial charge in [-0.25, -0.2) is 9.97 Å². The van der Waals surface area contributed by atoms with Gasteiger partial charge < -0.3 is 10.1 Å². The molecule has 0 aliphatic heterocycles. The number of nitrogens with one attached hydrogen (secondary N) is 1. The SMILES string of the molecule is Cn1nc(-c2cccs2)cc1C(=O)Nc1cnc(Oc2ccccc2)nc1. The lowest BCUT2D eigenvalue weighted by Gasteiger charge is -2.06. The van der Waals surface area contributed by atoms with Gasteiger partial charge in [0.1, 0.15) is 17.1 Å². The number of carbonyl (C=O) groups excluding carboxylic acids is 1. The number of nitrogens with zero attached hydrogens (tertiary/aromatic N) is 4. The fourth-order valence-electron chi connectivity index (χ4n) is 2.45. The highest BCUT2D eigenvalue weighted by Crippen LogP contribution is 2.24. The van der Waals surface area contributed by atoms with E-state index in [4.69, 9.17) is 4.74 Å². The Hall–Kier alpha value is -3.52. The molecule has 0 spiro atoms. The lowest BCUT2D eigenvalue weighted by atomic mass is 10.3. The predicted molar refractivity (Wildman–Crippen MR) is 103 cm³/mol. The smallest absolute Gasteiger partial charge is 0.322 e. The Bertz CT molecular complexity index is 1040. The Morgan fingerprint density at radius 2 is 1.89 bits per heavy atom. The predicted octanol–water partition coefficient (Wildman–Crippen LogP) is 3.98. The molecular formula is C19H15N5O2S. The molecule has 0 aliphatic carbocycles. The van der Waals surface area contributed by atoms with E-state index >= 15 is 0 Å². The molecule has 27 heavy (non-hydrogen) atoms. The largest absolute Gasteiger partial charge is 0.424 e. The second-order valence-corrected chi connectivity index (χ2v) is 6.59. The minimum absolute atomic E-state index is 0.208. The standard InChI is InChI=1S/C19H15N5O2S/c1-24-16(10-15(23-24)17-8-5-9-27-17)18(25)22-13-11-20-19(21-12-13)26-14-6-3-2-4-7-14/h2-12H,1H3,(H,22,25). The molecule has 0 aliphatic rings. The van der Waals surface area contributed by atoms with Crippen LogP contribution in [-0.4, -0.2) is 25.7 Å². The summed E-state index contributed by atoms with van der Waals surface area (Å²) in [6.07, 6.45) is 3.00. The van der Waals surface area contributed by atoms with Crippen LogP contribution in [0.2, 0.25) is 0 Å². The summed E-state index contributed by atoms with van der Waals surface area (Å²) < 4.78 is 7.09. The van der Waals surface area contributed by atoms with Gasteiger partial charge in [0.15, 0.2) is 0 Å². The molecule has 7 nitrogen and oxygen atoms in total. The number of thiophene rings is 1. The fourth-order valence-corrected chi connectivity index (χ4v) is 3.13. The van der Waals surface area contributed by atoms with Crippen molar-refractivity contribution in [2.45, 2.75) is 0 Å². The number of para-hydroxylation sites is 1. The molecule has 0 saturated heterocycles. The third kappa shape index (κ3) is 3.85. The van der Waals surface area contributed by atoms with E-state index in [-0.39, 0.29) is 11.9 Å². The Labute approximate surface area is 159 Å². The monoisotopic (exact) mass is 377 g/mol. The maximum absolute atomic E-state index is 12.5. The van der Waals surface area contributed by atoms with Gasteiger partial charge in [-0.2, -0.15) is 5.10 Å². The van der Waals surface area contributed by atoms with Crippen LogP contribution >= 0.6 is 11.3 Å². The average Bonchev–Trinajstić information content (AvgIpc) is 3.34. The second-order valence-electron chi connectivity index (χ2n) is 5.64. The van der Waals surface area contributed by atoms with Crippen molar-refractivity contribution >= 4 is 22.9 Å². The molecule has 1 N–H and O–H groups in total. The van der Waals surface area contributed by atoms with Crippen LogP contribution in [0.1, 0.15) is 10.5 Å². The number of ether oxygens (including phenoxy) is 1. The van der Waals surface area contributed by atoms with E-state index in [1.807, 2.05) is 47.8 Å². The number of hydrogen-bond acceptors (Lipinski definition) is 6. The van der Waals surface area contributed by atoms with Gasteiger partial charge in [0, 0.05) is 7.05 Å². The van der Waals surface area contributed by atoms with E-state index in [0.29, 0.717) is 17.1 Å². The number of rotatable bonds is 5. The van der Waals surface area contributed by atoms with Crippen LogP contribution in [-0.2, 0) is 7.05 Å². The topological polar surface area (TPSA) is 81.9 Å². The lowest BCUT2D eigenvalue weighted by molar-refractivity contribution is 0.101. The van der Waals surface area contributed by atoms with Crippen molar-refractivity contribution in [3.05, 3.63) is 72.0 Å². The van der Waals surface area contributed by atoms with Gasteiger partial charge in [0.05, 0.1) is 23.0 Å². The van der Waals surface area contributed by atoms with Crippen molar-refractivity contribution in [1.82, 2.24) is 19.7 Å². The Kier molecular flexibility index (Phi) is 4.63. The highest BCUT2D eigenvalue weighted by Gasteiger charge is 2.15. The summed E-state index contributed by atoms with van der Waals surface area (Å²) in [6.45, 7) is 0. The molecular weight excluding hydrogens is 362 g/mol. The molecule has 134 valence electrons. The summed E-state index contributed by atoms with van der Waals surface area (Å²) in [4.78, 5) is 21.8. The molecule has 0 bridgehead atoms. The Balaban J connectivity index is 1.45. The van der Waals surface area contributed by atoms with Gasteiger partial charge in [-0.15, -0.1) is 11.3 Å². The van der Waals surface area contributed by atoms with Gasteiger partial charge in [0.2, 0.25) is 0 Å². The number of anilines is 1. The summed E-state index contributed by atoms with van der Waals surface area (Å²) >= 11 is 1.57. The van der Waals surface area contributed by atoms with Crippen molar-refractivity contribution in [2.75, 3.05) is 5.32 Å². The second kappa shape index (κ2) is 7.38. The molecule has 3 aromatic heterocycles. The molecule has 0 unspecified atom stereocenters. The molecule has 4 rings (SSSR count). The van der Waals surface area contributed by atoms with Crippen LogP contribution in [0, 0.1) is 0 Å². The Morgan fingerprint density at radius 1 is 1.11 bits per heavy atom. The highest BCUT2D eigenvalue weighted by atomic mass is 32.1. The number of carbonyl (C=O) groups is 1. The maximum Gasteiger partial charge on any atom is 0.322 e. The van der Waals surface area contributed by atoms with Crippen LogP contribution in [0.25, 0.3) is 10.6 Å². The van der Waals surface area contributed by atoms with E-state index < -0.39 is 0 Å².